The van der Waals surface area contributed by atoms with Gasteiger partial charge in [0, 0.05) is 13.1 Å². The minimum atomic E-state index is -0.531. The van der Waals surface area contributed by atoms with Gasteiger partial charge in [0.15, 0.2) is 0 Å². The van der Waals surface area contributed by atoms with Crippen LogP contribution in [0.4, 0.5) is 4.39 Å². The average molecular weight is 264 g/mol. The van der Waals surface area contributed by atoms with Gasteiger partial charge >= 0.3 is 0 Å². The van der Waals surface area contributed by atoms with E-state index in [-0.39, 0.29) is 23.9 Å². The molecule has 2 rings (SSSR count). The van der Waals surface area contributed by atoms with Gasteiger partial charge in [-0.1, -0.05) is 11.6 Å². The van der Waals surface area contributed by atoms with E-state index in [0.29, 0.717) is 19.4 Å². The second-order valence-electron chi connectivity index (χ2n) is 4.98. The molecule has 0 aromatic heterocycles. The molecule has 1 aliphatic heterocycles. The summed E-state index contributed by atoms with van der Waals surface area (Å²) in [6, 6.07) is 4.44. The number of primary amides is 1. The fourth-order valence-electron chi connectivity index (χ4n) is 2.37. The Morgan fingerprint density at radius 3 is 2.84 bits per heavy atom. The maximum Gasteiger partial charge on any atom is 0.256 e. The summed E-state index contributed by atoms with van der Waals surface area (Å²) < 4.78 is 13.7. The predicted molar refractivity (Wildman–Crippen MR) is 69.0 cm³/mol. The average Bonchev–Trinajstić information content (AvgIpc) is 2.41. The Morgan fingerprint density at radius 1 is 1.42 bits per heavy atom. The molecule has 4 nitrogen and oxygen atoms in total. The monoisotopic (exact) mass is 264 g/mol. The van der Waals surface area contributed by atoms with Crippen molar-refractivity contribution in [1.29, 1.82) is 0 Å². The lowest BCUT2D eigenvalue weighted by molar-refractivity contribution is -0.123. The van der Waals surface area contributed by atoms with Crippen LogP contribution in [-0.4, -0.2) is 29.8 Å². The second-order valence-corrected chi connectivity index (χ2v) is 4.98. The molecular weight excluding hydrogens is 247 g/mol. The van der Waals surface area contributed by atoms with Gasteiger partial charge in [-0.25, -0.2) is 4.39 Å². The smallest absolute Gasteiger partial charge is 0.256 e. The van der Waals surface area contributed by atoms with Crippen LogP contribution in [0.1, 0.15) is 28.8 Å². The molecule has 19 heavy (non-hydrogen) atoms. The van der Waals surface area contributed by atoms with E-state index in [0.717, 1.165) is 5.56 Å². The van der Waals surface area contributed by atoms with Crippen LogP contribution < -0.4 is 5.73 Å². The largest absolute Gasteiger partial charge is 0.369 e. The summed E-state index contributed by atoms with van der Waals surface area (Å²) in [7, 11) is 0. The first-order chi connectivity index (χ1) is 8.99. The Balaban J connectivity index is 2.19. The zero-order valence-corrected chi connectivity index (χ0v) is 10.9. The van der Waals surface area contributed by atoms with Crippen molar-refractivity contribution in [2.24, 2.45) is 11.7 Å². The van der Waals surface area contributed by atoms with Crippen LogP contribution in [0.25, 0.3) is 0 Å². The van der Waals surface area contributed by atoms with Crippen LogP contribution in [0.5, 0.6) is 0 Å². The van der Waals surface area contributed by atoms with Gasteiger partial charge < -0.3 is 10.6 Å². The predicted octanol–water partition coefficient (Wildman–Crippen LogP) is 1.47. The summed E-state index contributed by atoms with van der Waals surface area (Å²) in [6.45, 7) is 2.62. The Hall–Kier alpha value is -1.91. The van der Waals surface area contributed by atoms with E-state index < -0.39 is 11.7 Å². The van der Waals surface area contributed by atoms with E-state index in [9.17, 15) is 14.0 Å². The van der Waals surface area contributed by atoms with Gasteiger partial charge in [0.1, 0.15) is 5.82 Å². The molecule has 0 radical (unpaired) electrons. The normalized spacial score (nSPS) is 19.3. The quantitative estimate of drug-likeness (QED) is 0.879. The number of benzene rings is 1. The molecule has 5 heteroatoms. The zero-order valence-electron chi connectivity index (χ0n) is 10.9. The number of carbonyl (C=O) groups is 2. The fourth-order valence-corrected chi connectivity index (χ4v) is 2.37. The first-order valence-electron chi connectivity index (χ1n) is 6.34. The van der Waals surface area contributed by atoms with Crippen LogP contribution in [0, 0.1) is 18.7 Å². The number of rotatable bonds is 2. The van der Waals surface area contributed by atoms with E-state index in [1.807, 2.05) is 0 Å². The van der Waals surface area contributed by atoms with Crippen molar-refractivity contribution in [3.05, 3.63) is 35.1 Å². The highest BCUT2D eigenvalue weighted by molar-refractivity contribution is 5.95. The van der Waals surface area contributed by atoms with Crippen LogP contribution in [0.2, 0.25) is 0 Å². The lowest BCUT2D eigenvalue weighted by atomic mass is 9.96. The molecule has 1 aromatic rings. The van der Waals surface area contributed by atoms with Crippen LogP contribution in [0.15, 0.2) is 18.2 Å². The van der Waals surface area contributed by atoms with Crippen molar-refractivity contribution in [3.63, 3.8) is 0 Å². The third-order valence-corrected chi connectivity index (χ3v) is 3.46. The Labute approximate surface area is 111 Å². The lowest BCUT2D eigenvalue weighted by Gasteiger charge is -2.31. The van der Waals surface area contributed by atoms with Crippen molar-refractivity contribution in [2.75, 3.05) is 13.1 Å². The Kier molecular flexibility index (Phi) is 3.83. The highest BCUT2D eigenvalue weighted by atomic mass is 19.1. The summed E-state index contributed by atoms with van der Waals surface area (Å²) in [5, 5.41) is 0. The van der Waals surface area contributed by atoms with Gasteiger partial charge in [0.25, 0.3) is 5.91 Å². The SMILES string of the molecule is Cc1ccc(F)c(C(=O)N2CCCC(C(N)=O)C2)c1. The molecule has 0 bridgehead atoms. The van der Waals surface area contributed by atoms with E-state index >= 15 is 0 Å². The van der Waals surface area contributed by atoms with Gasteiger partial charge in [-0.3, -0.25) is 9.59 Å². The maximum atomic E-state index is 13.7. The molecule has 1 aliphatic rings. The van der Waals surface area contributed by atoms with Crippen LogP contribution in [-0.2, 0) is 4.79 Å². The summed E-state index contributed by atoms with van der Waals surface area (Å²) in [5.74, 6) is -1.63. The van der Waals surface area contributed by atoms with Crippen molar-refractivity contribution in [2.45, 2.75) is 19.8 Å². The molecule has 0 saturated carbocycles. The number of amides is 2. The fraction of sp³-hybridized carbons (Fsp3) is 0.429. The van der Waals surface area contributed by atoms with E-state index in [1.54, 1.807) is 13.0 Å². The highest BCUT2D eigenvalue weighted by Gasteiger charge is 2.28. The number of hydrogen-bond donors (Lipinski definition) is 1. The highest BCUT2D eigenvalue weighted by Crippen LogP contribution is 2.20. The number of aryl methyl sites for hydroxylation is 1. The van der Waals surface area contributed by atoms with E-state index in [1.165, 1.54) is 17.0 Å². The summed E-state index contributed by atoms with van der Waals surface area (Å²) >= 11 is 0. The topological polar surface area (TPSA) is 63.4 Å². The minimum absolute atomic E-state index is 0.0603. The molecule has 1 unspecified atom stereocenters. The van der Waals surface area contributed by atoms with Gasteiger partial charge in [-0.15, -0.1) is 0 Å². The van der Waals surface area contributed by atoms with E-state index in [4.69, 9.17) is 5.73 Å². The number of nitrogens with zero attached hydrogens (tertiary/aromatic N) is 1. The molecule has 102 valence electrons. The second kappa shape index (κ2) is 5.38. The third-order valence-electron chi connectivity index (χ3n) is 3.46. The summed E-state index contributed by atoms with van der Waals surface area (Å²) in [4.78, 5) is 25.0. The van der Waals surface area contributed by atoms with Gasteiger partial charge in [0.05, 0.1) is 11.5 Å². The number of nitrogens with two attached hydrogens (primary N) is 1. The Bertz CT molecular complexity index is 516. The van der Waals surface area contributed by atoms with Gasteiger partial charge in [-0.05, 0) is 31.9 Å². The molecular formula is C14H17FN2O2. The van der Waals surface area contributed by atoms with Gasteiger partial charge in [0.2, 0.25) is 5.91 Å². The number of piperidine rings is 1. The third kappa shape index (κ3) is 2.92. The van der Waals surface area contributed by atoms with Crippen molar-refractivity contribution in [3.8, 4) is 0 Å². The van der Waals surface area contributed by atoms with Crippen molar-refractivity contribution in [1.82, 2.24) is 4.90 Å². The zero-order chi connectivity index (χ0) is 14.0. The maximum absolute atomic E-state index is 13.7. The molecule has 2 amide bonds. The standard InChI is InChI=1S/C14H17FN2O2/c1-9-4-5-12(15)11(7-9)14(19)17-6-2-3-10(8-17)13(16)18/h4-5,7,10H,2-3,6,8H2,1H3,(H2,16,18). The molecule has 1 fully saturated rings. The van der Waals surface area contributed by atoms with E-state index in [2.05, 4.69) is 0 Å². The lowest BCUT2D eigenvalue weighted by Crippen LogP contribution is -2.44. The number of hydrogen-bond acceptors (Lipinski definition) is 2. The van der Waals surface area contributed by atoms with Crippen LogP contribution in [0.3, 0.4) is 0 Å². The summed E-state index contributed by atoms with van der Waals surface area (Å²) in [6.07, 6.45) is 1.40. The van der Waals surface area contributed by atoms with Crippen molar-refractivity contribution < 1.29 is 14.0 Å². The summed E-state index contributed by atoms with van der Waals surface area (Å²) in [5.41, 5.74) is 6.16. The van der Waals surface area contributed by atoms with Crippen molar-refractivity contribution >= 4 is 11.8 Å². The number of halogens is 1. The van der Waals surface area contributed by atoms with Crippen LogP contribution >= 0.6 is 0 Å². The molecule has 1 atom stereocenters. The molecule has 1 aromatic carbocycles. The molecule has 1 heterocycles. The first-order valence-corrected chi connectivity index (χ1v) is 6.34. The molecule has 1 saturated heterocycles. The number of likely N-dealkylation sites (tertiary alicyclic amines) is 1. The first kappa shape index (κ1) is 13.5. The van der Waals surface area contributed by atoms with Gasteiger partial charge in [-0.2, -0.15) is 0 Å². The number of carbonyl (C=O) groups excluding carboxylic acids is 2. The Morgan fingerprint density at radius 2 is 2.16 bits per heavy atom. The molecule has 0 aliphatic carbocycles. The minimum Gasteiger partial charge on any atom is -0.369 e. The molecule has 2 N–H and O–H groups in total. The molecule has 0 spiro atoms.